The van der Waals surface area contributed by atoms with Gasteiger partial charge in [0.25, 0.3) is 0 Å². The Hall–Kier alpha value is -3.42. The van der Waals surface area contributed by atoms with Gasteiger partial charge in [0.2, 0.25) is 5.91 Å². The van der Waals surface area contributed by atoms with Crippen molar-refractivity contribution in [2.75, 3.05) is 24.5 Å². The maximum Gasteiger partial charge on any atom is 0.325 e. The zero-order chi connectivity index (χ0) is 18.8. The van der Waals surface area contributed by atoms with E-state index in [0.717, 1.165) is 11.3 Å². The number of carbonyl (C=O) groups is 2. The van der Waals surface area contributed by atoms with Crippen LogP contribution in [0.1, 0.15) is 5.69 Å². The molecule has 0 saturated carbocycles. The molecule has 7 nitrogen and oxygen atoms in total. The Morgan fingerprint density at radius 1 is 1.15 bits per heavy atom. The molecule has 0 spiro atoms. The number of anilines is 1. The molecule has 4 rings (SSSR count). The molecule has 0 radical (unpaired) electrons. The molecule has 0 aliphatic carbocycles. The van der Waals surface area contributed by atoms with Crippen LogP contribution < -0.4 is 10.2 Å². The number of hydrogen-bond donors (Lipinski definition) is 1. The average molecular weight is 367 g/mol. The monoisotopic (exact) mass is 367 g/mol. The van der Waals surface area contributed by atoms with Gasteiger partial charge in [-0.1, -0.05) is 18.2 Å². The van der Waals surface area contributed by atoms with E-state index in [-0.39, 0.29) is 30.7 Å². The van der Waals surface area contributed by atoms with Crippen molar-refractivity contribution in [3.05, 3.63) is 66.4 Å². The Labute approximate surface area is 155 Å². The second kappa shape index (κ2) is 7.06. The molecule has 1 aromatic carbocycles. The number of nitrogens with one attached hydrogen (secondary N) is 1. The smallest absolute Gasteiger partial charge is 0.325 e. The number of fused-ring (bicyclic) bond motifs is 1. The van der Waals surface area contributed by atoms with Gasteiger partial charge in [0.05, 0.1) is 17.9 Å². The first-order valence-electron chi connectivity index (χ1n) is 8.62. The number of carbonyl (C=O) groups excluding carboxylic acids is 2. The molecule has 0 bridgehead atoms. The first-order valence-corrected chi connectivity index (χ1v) is 8.62. The number of imidazole rings is 1. The zero-order valence-corrected chi connectivity index (χ0v) is 14.5. The Morgan fingerprint density at radius 2 is 1.96 bits per heavy atom. The van der Waals surface area contributed by atoms with Crippen molar-refractivity contribution in [3.63, 3.8) is 0 Å². The highest BCUT2D eigenvalue weighted by Gasteiger charge is 2.32. The third-order valence-electron chi connectivity index (χ3n) is 4.45. The summed E-state index contributed by atoms with van der Waals surface area (Å²) in [5, 5.41) is 2.77. The van der Waals surface area contributed by atoms with Gasteiger partial charge in [-0.2, -0.15) is 0 Å². The molecule has 1 aliphatic heterocycles. The molecule has 1 saturated heterocycles. The summed E-state index contributed by atoms with van der Waals surface area (Å²) in [4.78, 5) is 31.9. The SMILES string of the molecule is O=C(CN1CCN(c2ccccc2F)C1=O)NCc1cn2ccccc2n1. The van der Waals surface area contributed by atoms with Crippen LogP contribution in [0.25, 0.3) is 5.65 Å². The maximum absolute atomic E-state index is 13.9. The Kier molecular flexibility index (Phi) is 4.45. The van der Waals surface area contributed by atoms with Crippen molar-refractivity contribution < 1.29 is 14.0 Å². The van der Waals surface area contributed by atoms with E-state index in [4.69, 9.17) is 0 Å². The molecule has 3 heterocycles. The van der Waals surface area contributed by atoms with Crippen LogP contribution >= 0.6 is 0 Å². The summed E-state index contributed by atoms with van der Waals surface area (Å²) in [6.07, 6.45) is 3.73. The molecule has 1 aliphatic rings. The fraction of sp³-hybridized carbons (Fsp3) is 0.211. The molecule has 2 aromatic heterocycles. The predicted molar refractivity (Wildman–Crippen MR) is 97.8 cm³/mol. The summed E-state index contributed by atoms with van der Waals surface area (Å²) >= 11 is 0. The summed E-state index contributed by atoms with van der Waals surface area (Å²) in [5.41, 5.74) is 1.77. The summed E-state index contributed by atoms with van der Waals surface area (Å²) < 4.78 is 15.8. The van der Waals surface area contributed by atoms with Crippen LogP contribution in [0.2, 0.25) is 0 Å². The highest BCUT2D eigenvalue weighted by molar-refractivity contribution is 5.96. The molecule has 0 unspecified atom stereocenters. The predicted octanol–water partition coefficient (Wildman–Crippen LogP) is 2.03. The topological polar surface area (TPSA) is 70.0 Å². The molecule has 3 amide bonds. The fourth-order valence-corrected chi connectivity index (χ4v) is 3.11. The lowest BCUT2D eigenvalue weighted by Gasteiger charge is -2.18. The standard InChI is InChI=1S/C19H18FN5O2/c20-15-5-1-2-6-16(15)25-10-9-24(19(25)27)13-18(26)21-11-14-12-23-8-4-3-7-17(23)22-14/h1-8,12H,9-11,13H2,(H,21,26). The first kappa shape index (κ1) is 17.0. The van der Waals surface area contributed by atoms with Crippen LogP contribution in [0, 0.1) is 5.82 Å². The third-order valence-corrected chi connectivity index (χ3v) is 4.45. The van der Waals surface area contributed by atoms with E-state index in [2.05, 4.69) is 10.3 Å². The maximum atomic E-state index is 13.9. The van der Waals surface area contributed by atoms with Crippen molar-refractivity contribution >= 4 is 23.3 Å². The summed E-state index contributed by atoms with van der Waals surface area (Å²) in [7, 11) is 0. The lowest BCUT2D eigenvalue weighted by atomic mass is 10.3. The number of halogens is 1. The molecule has 8 heteroatoms. The quantitative estimate of drug-likeness (QED) is 0.750. The van der Waals surface area contributed by atoms with Crippen LogP contribution in [0.4, 0.5) is 14.9 Å². The minimum Gasteiger partial charge on any atom is -0.349 e. The summed E-state index contributed by atoms with van der Waals surface area (Å²) in [5.74, 6) is -0.736. The van der Waals surface area contributed by atoms with Gasteiger partial charge in [-0.25, -0.2) is 14.2 Å². The fourth-order valence-electron chi connectivity index (χ4n) is 3.11. The van der Waals surface area contributed by atoms with Gasteiger partial charge in [-0.3, -0.25) is 9.69 Å². The Bertz CT molecular complexity index is 969. The van der Waals surface area contributed by atoms with Gasteiger partial charge in [-0.05, 0) is 24.3 Å². The number of amides is 3. The van der Waals surface area contributed by atoms with E-state index in [1.807, 2.05) is 35.0 Å². The number of nitrogens with zero attached hydrogens (tertiary/aromatic N) is 4. The van der Waals surface area contributed by atoms with Crippen LogP contribution in [-0.4, -0.2) is 45.9 Å². The second-order valence-electron chi connectivity index (χ2n) is 6.28. The van der Waals surface area contributed by atoms with Crippen molar-refractivity contribution in [1.82, 2.24) is 19.6 Å². The van der Waals surface area contributed by atoms with E-state index in [0.29, 0.717) is 13.1 Å². The van der Waals surface area contributed by atoms with E-state index < -0.39 is 5.82 Å². The molecule has 3 aromatic rings. The van der Waals surface area contributed by atoms with Crippen LogP contribution in [-0.2, 0) is 11.3 Å². The molecule has 0 atom stereocenters. The minimum atomic E-state index is -0.455. The Balaban J connectivity index is 1.34. The van der Waals surface area contributed by atoms with Crippen molar-refractivity contribution in [3.8, 4) is 0 Å². The number of benzene rings is 1. The number of hydrogen-bond acceptors (Lipinski definition) is 3. The highest BCUT2D eigenvalue weighted by atomic mass is 19.1. The second-order valence-corrected chi connectivity index (χ2v) is 6.28. The summed E-state index contributed by atoms with van der Waals surface area (Å²) in [6, 6.07) is 11.4. The van der Waals surface area contributed by atoms with Gasteiger partial charge >= 0.3 is 6.03 Å². The molecule has 27 heavy (non-hydrogen) atoms. The van der Waals surface area contributed by atoms with Gasteiger partial charge in [-0.15, -0.1) is 0 Å². The lowest BCUT2D eigenvalue weighted by Crippen LogP contribution is -2.40. The van der Waals surface area contributed by atoms with E-state index >= 15 is 0 Å². The van der Waals surface area contributed by atoms with Crippen molar-refractivity contribution in [2.24, 2.45) is 0 Å². The highest BCUT2D eigenvalue weighted by Crippen LogP contribution is 2.23. The van der Waals surface area contributed by atoms with Gasteiger partial charge in [0.15, 0.2) is 0 Å². The van der Waals surface area contributed by atoms with Crippen LogP contribution in [0.5, 0.6) is 0 Å². The Morgan fingerprint density at radius 3 is 2.78 bits per heavy atom. The normalized spacial score (nSPS) is 14.2. The molecule has 138 valence electrons. The van der Waals surface area contributed by atoms with E-state index in [9.17, 15) is 14.0 Å². The minimum absolute atomic E-state index is 0.0723. The number of urea groups is 1. The van der Waals surface area contributed by atoms with Crippen LogP contribution in [0.15, 0.2) is 54.9 Å². The first-order chi connectivity index (χ1) is 13.1. The van der Waals surface area contributed by atoms with E-state index in [1.54, 1.807) is 18.2 Å². The summed E-state index contributed by atoms with van der Waals surface area (Å²) in [6.45, 7) is 0.922. The van der Waals surface area contributed by atoms with Gasteiger partial charge in [0, 0.05) is 25.5 Å². The lowest BCUT2D eigenvalue weighted by molar-refractivity contribution is -0.121. The van der Waals surface area contributed by atoms with Crippen LogP contribution in [0.3, 0.4) is 0 Å². The van der Waals surface area contributed by atoms with Crippen molar-refractivity contribution in [2.45, 2.75) is 6.54 Å². The largest absolute Gasteiger partial charge is 0.349 e. The van der Waals surface area contributed by atoms with Crippen molar-refractivity contribution in [1.29, 1.82) is 0 Å². The zero-order valence-electron chi connectivity index (χ0n) is 14.5. The molecular formula is C19H18FN5O2. The number of pyridine rings is 1. The molecular weight excluding hydrogens is 349 g/mol. The molecule has 1 fully saturated rings. The number of rotatable bonds is 5. The average Bonchev–Trinajstić information content (AvgIpc) is 3.24. The third kappa shape index (κ3) is 3.46. The molecule has 1 N–H and O–H groups in total. The van der Waals surface area contributed by atoms with Gasteiger partial charge < -0.3 is 14.6 Å². The van der Waals surface area contributed by atoms with E-state index in [1.165, 1.54) is 15.9 Å². The number of para-hydroxylation sites is 1. The van der Waals surface area contributed by atoms with Gasteiger partial charge in [0.1, 0.15) is 18.0 Å². The number of aromatic nitrogens is 2.